The molecule has 1 saturated heterocycles. The van der Waals surface area contributed by atoms with Crippen LogP contribution in [0, 0.1) is 24.5 Å². The summed E-state index contributed by atoms with van der Waals surface area (Å²) in [5, 5.41) is 16.9. The smallest absolute Gasteiger partial charge is 0.253 e. The van der Waals surface area contributed by atoms with Gasteiger partial charge in [-0.1, -0.05) is 13.8 Å². The van der Waals surface area contributed by atoms with Crippen molar-refractivity contribution in [1.82, 2.24) is 25.3 Å². The normalized spacial score (nSPS) is 14.6. The molecule has 288 valence electrons. The van der Waals surface area contributed by atoms with Crippen LogP contribution in [0.3, 0.4) is 0 Å². The number of likely N-dealkylation sites (tertiary alicyclic amines) is 1. The Balaban J connectivity index is 1.58. The molecule has 1 aliphatic rings. The van der Waals surface area contributed by atoms with Crippen LogP contribution >= 0.6 is 0 Å². The quantitative estimate of drug-likeness (QED) is 0.175. The van der Waals surface area contributed by atoms with E-state index in [0.29, 0.717) is 62.5 Å². The van der Waals surface area contributed by atoms with Gasteiger partial charge in [0, 0.05) is 62.8 Å². The van der Waals surface area contributed by atoms with Gasteiger partial charge in [-0.3, -0.25) is 19.2 Å². The first-order valence-corrected chi connectivity index (χ1v) is 18.8. The maximum Gasteiger partial charge on any atom is 0.253 e. The Labute approximate surface area is 308 Å². The first kappa shape index (κ1) is 42.5. The fraction of sp³-hybridized carbons (Fsp3) is 0.600. The highest BCUT2D eigenvalue weighted by atomic mass is 19.1. The maximum absolute atomic E-state index is 14.1. The van der Waals surface area contributed by atoms with Crippen molar-refractivity contribution in [3.8, 4) is 0 Å². The highest BCUT2D eigenvalue weighted by Gasteiger charge is 2.26. The molecule has 2 aromatic carbocycles. The number of benzene rings is 2. The number of halogens is 2. The van der Waals surface area contributed by atoms with Crippen LogP contribution in [-0.4, -0.2) is 109 Å². The van der Waals surface area contributed by atoms with Gasteiger partial charge in [-0.05, 0) is 126 Å². The minimum atomic E-state index is -1.16. The molecule has 4 amide bonds. The van der Waals surface area contributed by atoms with Gasteiger partial charge >= 0.3 is 0 Å². The lowest BCUT2D eigenvalue weighted by atomic mass is 9.92. The number of amides is 4. The highest BCUT2D eigenvalue weighted by molar-refractivity contribution is 6.00. The first-order chi connectivity index (χ1) is 24.8. The second kappa shape index (κ2) is 21.6. The zero-order chi connectivity index (χ0) is 38.2. The number of aliphatic hydroxyl groups excluding tert-OH is 1. The molecule has 2 unspecified atom stereocenters. The lowest BCUT2D eigenvalue weighted by Crippen LogP contribution is -2.46. The van der Waals surface area contributed by atoms with Crippen LogP contribution in [0.1, 0.15) is 103 Å². The second-order valence-corrected chi connectivity index (χ2v) is 14.4. The predicted molar refractivity (Wildman–Crippen MR) is 199 cm³/mol. The molecule has 2 aromatic rings. The van der Waals surface area contributed by atoms with Crippen LogP contribution in [0.5, 0.6) is 0 Å². The van der Waals surface area contributed by atoms with E-state index in [4.69, 9.17) is 0 Å². The molecule has 10 nitrogen and oxygen atoms in total. The molecule has 0 aliphatic carbocycles. The number of nitrogens with zero attached hydrogens (tertiary/aromatic N) is 3. The van der Waals surface area contributed by atoms with Crippen molar-refractivity contribution in [3.05, 3.63) is 70.3 Å². The molecule has 0 radical (unpaired) electrons. The van der Waals surface area contributed by atoms with Gasteiger partial charge in [0.2, 0.25) is 11.8 Å². The van der Waals surface area contributed by atoms with E-state index in [2.05, 4.69) is 15.5 Å². The molecule has 3 N–H and O–H groups in total. The Morgan fingerprint density at radius 2 is 1.54 bits per heavy atom. The summed E-state index contributed by atoms with van der Waals surface area (Å²) in [6.07, 6.45) is 4.59. The van der Waals surface area contributed by atoms with Crippen molar-refractivity contribution in [1.29, 1.82) is 0 Å². The lowest BCUT2D eigenvalue weighted by molar-refractivity contribution is -0.133. The highest BCUT2D eigenvalue weighted by Crippen LogP contribution is 2.23. The zero-order valence-corrected chi connectivity index (χ0v) is 31.7. The third-order valence-corrected chi connectivity index (χ3v) is 9.52. The van der Waals surface area contributed by atoms with Crippen LogP contribution in [0.25, 0.3) is 0 Å². The van der Waals surface area contributed by atoms with Crippen molar-refractivity contribution < 1.29 is 33.1 Å². The van der Waals surface area contributed by atoms with Gasteiger partial charge in [0.1, 0.15) is 11.6 Å². The molecule has 12 heteroatoms. The monoisotopic (exact) mass is 727 g/mol. The molecular formula is C40H59F2N5O5. The van der Waals surface area contributed by atoms with Crippen molar-refractivity contribution in [2.24, 2.45) is 5.92 Å². The first-order valence-electron chi connectivity index (χ1n) is 18.8. The predicted octanol–water partition coefficient (Wildman–Crippen LogP) is 5.10. The summed E-state index contributed by atoms with van der Waals surface area (Å²) >= 11 is 0. The Hall–Kier alpha value is -3.90. The van der Waals surface area contributed by atoms with Crippen LogP contribution < -0.4 is 10.6 Å². The van der Waals surface area contributed by atoms with Gasteiger partial charge in [0.15, 0.2) is 0 Å². The fourth-order valence-electron chi connectivity index (χ4n) is 6.75. The van der Waals surface area contributed by atoms with Gasteiger partial charge in [0.25, 0.3) is 11.8 Å². The number of carbonyl (C=O) groups excluding carboxylic acids is 4. The van der Waals surface area contributed by atoms with Crippen molar-refractivity contribution in [2.45, 2.75) is 97.1 Å². The summed E-state index contributed by atoms with van der Waals surface area (Å²) in [6, 6.07) is 7.03. The molecule has 3 rings (SSSR count). The number of rotatable bonds is 20. The fourth-order valence-corrected chi connectivity index (χ4v) is 6.75. The SMILES string of the molecule is CCCN(CCC)C(=O)c1cc(C)cc(C(=O)NC(Cc2cc(F)cc(F)c2)C(O)CCNC(=O)CCC2CCN(C(=O)CCCN(C)C)CC2)c1. The summed E-state index contributed by atoms with van der Waals surface area (Å²) in [5.74, 6) is -1.87. The molecule has 0 saturated carbocycles. The van der Waals surface area contributed by atoms with Gasteiger partial charge in [-0.15, -0.1) is 0 Å². The van der Waals surface area contributed by atoms with E-state index in [1.165, 1.54) is 6.07 Å². The minimum Gasteiger partial charge on any atom is -0.391 e. The summed E-state index contributed by atoms with van der Waals surface area (Å²) in [6.45, 7) is 9.40. The Bertz CT molecular complexity index is 1450. The molecule has 0 spiro atoms. The number of carbonyl (C=O) groups is 4. The van der Waals surface area contributed by atoms with Gasteiger partial charge in [-0.2, -0.15) is 0 Å². The summed E-state index contributed by atoms with van der Waals surface area (Å²) in [7, 11) is 3.99. The van der Waals surface area contributed by atoms with Gasteiger partial charge in [-0.25, -0.2) is 8.78 Å². The van der Waals surface area contributed by atoms with Crippen LogP contribution in [-0.2, 0) is 16.0 Å². The summed E-state index contributed by atoms with van der Waals surface area (Å²) in [4.78, 5) is 57.9. The van der Waals surface area contributed by atoms with Crippen LogP contribution in [0.2, 0.25) is 0 Å². The van der Waals surface area contributed by atoms with E-state index in [-0.39, 0.29) is 48.2 Å². The summed E-state index contributed by atoms with van der Waals surface area (Å²) < 4.78 is 28.2. The van der Waals surface area contributed by atoms with E-state index in [0.717, 1.165) is 56.8 Å². The number of aryl methyl sites for hydroxylation is 1. The zero-order valence-electron chi connectivity index (χ0n) is 31.7. The molecule has 2 atom stereocenters. The number of aliphatic hydroxyl groups is 1. The van der Waals surface area contributed by atoms with E-state index in [1.54, 1.807) is 24.0 Å². The van der Waals surface area contributed by atoms with E-state index in [1.807, 2.05) is 32.8 Å². The molecule has 1 fully saturated rings. The van der Waals surface area contributed by atoms with Crippen LogP contribution in [0.15, 0.2) is 36.4 Å². The molecule has 0 aromatic heterocycles. The van der Waals surface area contributed by atoms with Crippen LogP contribution in [0.4, 0.5) is 8.78 Å². The van der Waals surface area contributed by atoms with Crippen molar-refractivity contribution in [2.75, 3.05) is 53.4 Å². The minimum absolute atomic E-state index is 0.0647. The standard InChI is InChI=1S/C40H59F2N5O5/c1-6-16-47(17-7-2)40(52)32-22-28(3)21-31(26-32)39(51)44-35(25-30-23-33(41)27-34(42)24-30)36(48)12-15-43-37(49)11-10-29-13-19-46(20-14-29)38(50)9-8-18-45(4)5/h21-24,26-27,29,35-36,48H,6-20,25H2,1-5H3,(H,43,49)(H,44,51). The molecule has 0 bridgehead atoms. The molecular weight excluding hydrogens is 668 g/mol. The molecule has 1 aliphatic heterocycles. The van der Waals surface area contributed by atoms with E-state index < -0.39 is 29.7 Å². The van der Waals surface area contributed by atoms with E-state index in [9.17, 15) is 33.1 Å². The number of nitrogens with one attached hydrogen (secondary N) is 2. The van der Waals surface area contributed by atoms with Crippen molar-refractivity contribution >= 4 is 23.6 Å². The maximum atomic E-state index is 14.1. The lowest BCUT2D eigenvalue weighted by Gasteiger charge is -2.32. The van der Waals surface area contributed by atoms with Crippen molar-refractivity contribution in [3.63, 3.8) is 0 Å². The number of hydrogen-bond donors (Lipinski definition) is 3. The third kappa shape index (κ3) is 14.3. The number of piperidine rings is 1. The number of hydrogen-bond acceptors (Lipinski definition) is 6. The van der Waals surface area contributed by atoms with Gasteiger partial charge < -0.3 is 30.4 Å². The Kier molecular flexibility index (Phi) is 17.6. The third-order valence-electron chi connectivity index (χ3n) is 9.52. The topological polar surface area (TPSA) is 122 Å². The Morgan fingerprint density at radius 1 is 0.904 bits per heavy atom. The molecule has 1 heterocycles. The van der Waals surface area contributed by atoms with Gasteiger partial charge in [0.05, 0.1) is 12.1 Å². The second-order valence-electron chi connectivity index (χ2n) is 14.4. The summed E-state index contributed by atoms with van der Waals surface area (Å²) in [5.41, 5.74) is 1.58. The molecule has 52 heavy (non-hydrogen) atoms. The van der Waals surface area contributed by atoms with E-state index >= 15 is 0 Å². The Morgan fingerprint density at radius 3 is 2.15 bits per heavy atom. The largest absolute Gasteiger partial charge is 0.391 e. The average molecular weight is 728 g/mol. The average Bonchev–Trinajstić information content (AvgIpc) is 3.09.